The maximum absolute atomic E-state index is 5.18. The second-order valence-corrected chi connectivity index (χ2v) is 6.37. The van der Waals surface area contributed by atoms with E-state index in [0.29, 0.717) is 0 Å². The van der Waals surface area contributed by atoms with Crippen LogP contribution >= 0.6 is 22.7 Å². The minimum atomic E-state index is 0.742. The third-order valence-electron chi connectivity index (χ3n) is 3.18. The van der Waals surface area contributed by atoms with Gasteiger partial charge in [-0.25, -0.2) is 4.99 Å². The average molecular weight is 328 g/mol. The van der Waals surface area contributed by atoms with Gasteiger partial charge in [0, 0.05) is 11.9 Å². The lowest BCUT2D eigenvalue weighted by Gasteiger charge is -2.04. The number of thiazole rings is 1. The summed E-state index contributed by atoms with van der Waals surface area (Å²) in [5, 5.41) is 4.24. The predicted octanol–water partition coefficient (Wildman–Crippen LogP) is 4.71. The Bertz CT molecular complexity index is 811. The Balaban J connectivity index is 2.05. The normalized spacial score (nSPS) is 11.6. The summed E-state index contributed by atoms with van der Waals surface area (Å²) in [5.74, 6) is 0.836. The highest BCUT2D eigenvalue weighted by Gasteiger charge is 2.07. The van der Waals surface area contributed by atoms with Crippen molar-refractivity contribution in [1.29, 1.82) is 0 Å². The Morgan fingerprint density at radius 1 is 1.23 bits per heavy atom. The molecule has 0 radical (unpaired) electrons. The van der Waals surface area contributed by atoms with Crippen LogP contribution in [0.1, 0.15) is 0 Å². The summed E-state index contributed by atoms with van der Waals surface area (Å²) >= 11 is 3.38. The standard InChI is InChI=1S/C17H16N2OS2/c1-3-10-19-15(16-5-4-11-21-16)12-22-17(19)18-13-6-8-14(20-2)9-7-13/h3-9,11-12H,1,10H2,2H3. The van der Waals surface area contributed by atoms with Crippen molar-refractivity contribution in [3.05, 3.63) is 64.6 Å². The molecular weight excluding hydrogens is 312 g/mol. The molecule has 0 aliphatic heterocycles. The Labute approximate surface area is 137 Å². The molecule has 0 saturated carbocycles. The Hall–Kier alpha value is -2.11. The van der Waals surface area contributed by atoms with Crippen LogP contribution in [0, 0.1) is 0 Å². The quantitative estimate of drug-likeness (QED) is 0.623. The molecule has 2 aromatic heterocycles. The molecule has 22 heavy (non-hydrogen) atoms. The number of benzene rings is 1. The third kappa shape index (κ3) is 3.05. The first-order chi connectivity index (χ1) is 10.8. The van der Waals surface area contributed by atoms with Crippen LogP contribution < -0.4 is 9.54 Å². The Morgan fingerprint density at radius 3 is 2.68 bits per heavy atom. The van der Waals surface area contributed by atoms with Gasteiger partial charge < -0.3 is 9.30 Å². The van der Waals surface area contributed by atoms with E-state index in [0.717, 1.165) is 22.8 Å². The summed E-state index contributed by atoms with van der Waals surface area (Å²) in [4.78, 5) is 6.96. The lowest BCUT2D eigenvalue weighted by atomic mass is 10.3. The molecule has 3 aromatic rings. The first-order valence-electron chi connectivity index (χ1n) is 6.83. The van der Waals surface area contributed by atoms with E-state index >= 15 is 0 Å². The number of ether oxygens (including phenoxy) is 1. The van der Waals surface area contributed by atoms with Gasteiger partial charge in [0.1, 0.15) is 5.75 Å². The molecule has 0 amide bonds. The van der Waals surface area contributed by atoms with Crippen LogP contribution in [0.2, 0.25) is 0 Å². The SMILES string of the molecule is C=CCn1c(-c2cccs2)csc1=Nc1ccc(OC)cc1. The minimum Gasteiger partial charge on any atom is -0.497 e. The number of methoxy groups -OCH3 is 1. The summed E-state index contributed by atoms with van der Waals surface area (Å²) in [6.07, 6.45) is 1.90. The van der Waals surface area contributed by atoms with E-state index in [9.17, 15) is 0 Å². The number of allylic oxidation sites excluding steroid dienone is 1. The molecular formula is C17H16N2OS2. The van der Waals surface area contributed by atoms with Gasteiger partial charge in [0.15, 0.2) is 4.80 Å². The minimum absolute atomic E-state index is 0.742. The highest BCUT2D eigenvalue weighted by molar-refractivity contribution is 7.14. The maximum Gasteiger partial charge on any atom is 0.190 e. The van der Waals surface area contributed by atoms with Gasteiger partial charge in [0.2, 0.25) is 0 Å². The van der Waals surface area contributed by atoms with Gasteiger partial charge in [0.25, 0.3) is 0 Å². The largest absolute Gasteiger partial charge is 0.497 e. The van der Waals surface area contributed by atoms with E-state index in [1.165, 1.54) is 10.6 Å². The van der Waals surface area contributed by atoms with Crippen LogP contribution in [0.5, 0.6) is 5.75 Å². The zero-order valence-electron chi connectivity index (χ0n) is 12.2. The Kier molecular flexibility index (Phi) is 4.56. The fraction of sp³-hybridized carbons (Fsp3) is 0.118. The van der Waals surface area contributed by atoms with Gasteiger partial charge >= 0.3 is 0 Å². The topological polar surface area (TPSA) is 26.5 Å². The van der Waals surface area contributed by atoms with Gasteiger partial charge in [-0.05, 0) is 35.7 Å². The van der Waals surface area contributed by atoms with Gasteiger partial charge in [-0.2, -0.15) is 0 Å². The summed E-state index contributed by atoms with van der Waals surface area (Å²) in [6.45, 7) is 4.60. The molecule has 2 heterocycles. The maximum atomic E-state index is 5.18. The number of hydrogen-bond acceptors (Lipinski definition) is 4. The van der Waals surface area contributed by atoms with Gasteiger partial charge in [-0.1, -0.05) is 12.1 Å². The second-order valence-electron chi connectivity index (χ2n) is 4.59. The monoisotopic (exact) mass is 328 g/mol. The zero-order chi connectivity index (χ0) is 15.4. The first-order valence-corrected chi connectivity index (χ1v) is 8.59. The predicted molar refractivity (Wildman–Crippen MR) is 94.0 cm³/mol. The molecule has 0 saturated heterocycles. The fourth-order valence-electron chi connectivity index (χ4n) is 2.11. The van der Waals surface area contributed by atoms with Crippen LogP contribution in [-0.4, -0.2) is 11.7 Å². The van der Waals surface area contributed by atoms with E-state index in [1.54, 1.807) is 29.8 Å². The number of hydrogen-bond donors (Lipinski definition) is 0. The molecule has 0 bridgehead atoms. The van der Waals surface area contributed by atoms with Gasteiger partial charge in [-0.3, -0.25) is 0 Å². The Morgan fingerprint density at radius 2 is 2.05 bits per heavy atom. The van der Waals surface area contributed by atoms with Gasteiger partial charge in [0.05, 0.1) is 23.4 Å². The van der Waals surface area contributed by atoms with Crippen LogP contribution in [0.3, 0.4) is 0 Å². The van der Waals surface area contributed by atoms with Crippen molar-refractivity contribution in [1.82, 2.24) is 4.57 Å². The second kappa shape index (κ2) is 6.77. The summed E-state index contributed by atoms with van der Waals surface area (Å²) in [6, 6.07) is 12.0. The molecule has 5 heteroatoms. The van der Waals surface area contributed by atoms with Crippen LogP contribution in [0.4, 0.5) is 5.69 Å². The van der Waals surface area contributed by atoms with E-state index < -0.39 is 0 Å². The van der Waals surface area contributed by atoms with Crippen molar-refractivity contribution in [2.24, 2.45) is 4.99 Å². The molecule has 0 unspecified atom stereocenters. The van der Waals surface area contributed by atoms with E-state index in [-0.39, 0.29) is 0 Å². The van der Waals surface area contributed by atoms with Crippen LogP contribution in [0.25, 0.3) is 10.6 Å². The zero-order valence-corrected chi connectivity index (χ0v) is 13.9. The molecule has 0 spiro atoms. The first kappa shape index (κ1) is 14.8. The summed E-state index contributed by atoms with van der Waals surface area (Å²) in [5.41, 5.74) is 2.10. The van der Waals surface area contributed by atoms with Crippen LogP contribution in [0.15, 0.2) is 64.8 Å². The number of nitrogens with zero attached hydrogens (tertiary/aromatic N) is 2. The number of thiophene rings is 1. The molecule has 3 rings (SSSR count). The van der Waals surface area contributed by atoms with Crippen molar-refractivity contribution in [2.45, 2.75) is 6.54 Å². The van der Waals surface area contributed by atoms with Gasteiger partial charge in [-0.15, -0.1) is 29.3 Å². The van der Waals surface area contributed by atoms with Crippen molar-refractivity contribution in [3.8, 4) is 16.3 Å². The molecule has 112 valence electrons. The van der Waals surface area contributed by atoms with Crippen molar-refractivity contribution >= 4 is 28.4 Å². The third-order valence-corrected chi connectivity index (χ3v) is 4.94. The fourth-order valence-corrected chi connectivity index (χ4v) is 3.87. The molecule has 0 atom stereocenters. The highest BCUT2D eigenvalue weighted by atomic mass is 32.1. The summed E-state index contributed by atoms with van der Waals surface area (Å²) in [7, 11) is 1.66. The van der Waals surface area contributed by atoms with Crippen molar-refractivity contribution < 1.29 is 4.74 Å². The van der Waals surface area contributed by atoms with Crippen molar-refractivity contribution in [2.75, 3.05) is 7.11 Å². The van der Waals surface area contributed by atoms with E-state index in [1.807, 2.05) is 30.3 Å². The molecule has 3 nitrogen and oxygen atoms in total. The lowest BCUT2D eigenvalue weighted by Crippen LogP contribution is -2.14. The molecule has 0 N–H and O–H groups in total. The van der Waals surface area contributed by atoms with Crippen LogP contribution in [-0.2, 0) is 6.54 Å². The number of rotatable bonds is 5. The van der Waals surface area contributed by atoms with Crippen molar-refractivity contribution in [3.63, 3.8) is 0 Å². The number of aromatic nitrogens is 1. The van der Waals surface area contributed by atoms with E-state index in [2.05, 4.69) is 34.0 Å². The molecule has 0 aliphatic carbocycles. The summed E-state index contributed by atoms with van der Waals surface area (Å²) < 4.78 is 7.37. The van der Waals surface area contributed by atoms with E-state index in [4.69, 9.17) is 9.73 Å². The highest BCUT2D eigenvalue weighted by Crippen LogP contribution is 2.25. The smallest absolute Gasteiger partial charge is 0.190 e. The molecule has 0 aliphatic rings. The lowest BCUT2D eigenvalue weighted by molar-refractivity contribution is 0.415. The molecule has 1 aromatic carbocycles. The molecule has 0 fully saturated rings. The average Bonchev–Trinajstić information content (AvgIpc) is 3.19.